The summed E-state index contributed by atoms with van der Waals surface area (Å²) < 4.78 is 1.50. The highest BCUT2D eigenvalue weighted by atomic mass is 35.5. The lowest BCUT2D eigenvalue weighted by Gasteiger charge is -2.04. The van der Waals surface area contributed by atoms with E-state index in [0.29, 0.717) is 5.02 Å². The Kier molecular flexibility index (Phi) is 4.58. The van der Waals surface area contributed by atoms with Gasteiger partial charge in [0.1, 0.15) is 11.4 Å². The molecule has 2 aromatic carbocycles. The topological polar surface area (TPSA) is 85.3 Å². The van der Waals surface area contributed by atoms with Crippen molar-refractivity contribution < 1.29 is 4.79 Å². The molecule has 24 heavy (non-hydrogen) atoms. The fourth-order valence-corrected chi connectivity index (χ4v) is 2.21. The first-order valence-electron chi connectivity index (χ1n) is 7.13. The second kappa shape index (κ2) is 6.97. The first-order chi connectivity index (χ1) is 11.6. The zero-order chi connectivity index (χ0) is 16.9. The first kappa shape index (κ1) is 15.8. The minimum Gasteiger partial charge on any atom is -0.383 e. The number of carbonyl (C=O) groups excluding carboxylic acids is 1. The summed E-state index contributed by atoms with van der Waals surface area (Å²) in [5.74, 6) is -0.180. The van der Waals surface area contributed by atoms with Gasteiger partial charge in [0, 0.05) is 5.02 Å². The van der Waals surface area contributed by atoms with Gasteiger partial charge in [-0.25, -0.2) is 10.1 Å². The van der Waals surface area contributed by atoms with Gasteiger partial charge in [0.2, 0.25) is 0 Å². The van der Waals surface area contributed by atoms with Crippen molar-refractivity contribution in [2.45, 2.75) is 0 Å². The van der Waals surface area contributed by atoms with Crippen LogP contribution in [0.3, 0.4) is 0 Å². The average Bonchev–Trinajstić information content (AvgIpc) is 2.99. The molecule has 1 amide bonds. The Morgan fingerprint density at radius 1 is 1.17 bits per heavy atom. The van der Waals surface area contributed by atoms with Crippen LogP contribution in [0.5, 0.6) is 0 Å². The van der Waals surface area contributed by atoms with Gasteiger partial charge in [-0.15, -0.1) is 0 Å². The number of hydrogen-bond donors (Lipinski definition) is 2. The zero-order valence-corrected chi connectivity index (χ0v) is 13.3. The van der Waals surface area contributed by atoms with E-state index >= 15 is 0 Å². The average molecular weight is 340 g/mol. The lowest BCUT2D eigenvalue weighted by Crippen LogP contribution is -2.18. The van der Waals surface area contributed by atoms with Crippen molar-refractivity contribution in [1.82, 2.24) is 15.2 Å². The normalized spacial score (nSPS) is 10.9. The summed E-state index contributed by atoms with van der Waals surface area (Å²) in [7, 11) is 0. The Morgan fingerprint density at radius 3 is 2.58 bits per heavy atom. The van der Waals surface area contributed by atoms with E-state index in [4.69, 9.17) is 17.3 Å². The molecular formula is C17H14ClN5O. The van der Waals surface area contributed by atoms with Gasteiger partial charge < -0.3 is 5.73 Å². The van der Waals surface area contributed by atoms with Crippen LogP contribution in [-0.2, 0) is 0 Å². The Labute approximate surface area is 143 Å². The zero-order valence-electron chi connectivity index (χ0n) is 12.6. The van der Waals surface area contributed by atoms with E-state index in [1.54, 1.807) is 24.3 Å². The summed E-state index contributed by atoms with van der Waals surface area (Å²) in [6.45, 7) is 0. The van der Waals surface area contributed by atoms with E-state index in [9.17, 15) is 4.79 Å². The number of hydrogen-bond acceptors (Lipinski definition) is 4. The SMILES string of the molecule is Nc1c(C(=O)N/N=C/c2ccc(Cl)cc2)cnn1-c1ccccc1. The van der Waals surface area contributed by atoms with E-state index < -0.39 is 5.91 Å². The van der Waals surface area contributed by atoms with Crippen molar-refractivity contribution in [3.63, 3.8) is 0 Å². The maximum absolute atomic E-state index is 12.2. The van der Waals surface area contributed by atoms with Crippen LogP contribution in [0.15, 0.2) is 65.9 Å². The van der Waals surface area contributed by atoms with Crippen molar-refractivity contribution >= 4 is 29.5 Å². The summed E-state index contributed by atoms with van der Waals surface area (Å²) >= 11 is 5.81. The molecule has 0 spiro atoms. The van der Waals surface area contributed by atoms with Gasteiger partial charge >= 0.3 is 0 Å². The lowest BCUT2D eigenvalue weighted by atomic mass is 10.2. The fourth-order valence-electron chi connectivity index (χ4n) is 2.08. The largest absolute Gasteiger partial charge is 0.383 e. The molecule has 1 heterocycles. The van der Waals surface area contributed by atoms with Gasteiger partial charge in [-0.3, -0.25) is 4.79 Å². The molecule has 0 aliphatic carbocycles. The van der Waals surface area contributed by atoms with Gasteiger partial charge in [-0.1, -0.05) is 41.9 Å². The van der Waals surface area contributed by atoms with Crippen LogP contribution in [0.25, 0.3) is 5.69 Å². The van der Waals surface area contributed by atoms with Crippen LogP contribution in [0.4, 0.5) is 5.82 Å². The third kappa shape index (κ3) is 3.44. The van der Waals surface area contributed by atoms with Crippen LogP contribution in [0.1, 0.15) is 15.9 Å². The fraction of sp³-hybridized carbons (Fsp3) is 0. The molecule has 7 heteroatoms. The number of rotatable bonds is 4. The molecule has 0 fully saturated rings. The van der Waals surface area contributed by atoms with Crippen LogP contribution >= 0.6 is 11.6 Å². The minimum atomic E-state index is -0.431. The number of aromatic nitrogens is 2. The number of benzene rings is 2. The van der Waals surface area contributed by atoms with Gasteiger partial charge in [0.05, 0.1) is 18.1 Å². The van der Waals surface area contributed by atoms with E-state index in [1.807, 2.05) is 30.3 Å². The number of anilines is 1. The van der Waals surface area contributed by atoms with E-state index in [-0.39, 0.29) is 11.4 Å². The molecule has 0 saturated carbocycles. The number of carbonyl (C=O) groups is 1. The molecule has 3 N–H and O–H groups in total. The summed E-state index contributed by atoms with van der Waals surface area (Å²) in [4.78, 5) is 12.2. The number of nitrogens with zero attached hydrogens (tertiary/aromatic N) is 3. The third-order valence-corrected chi connectivity index (χ3v) is 3.55. The number of amides is 1. The predicted molar refractivity (Wildman–Crippen MR) is 94.5 cm³/mol. The highest BCUT2D eigenvalue weighted by Gasteiger charge is 2.15. The summed E-state index contributed by atoms with van der Waals surface area (Å²) in [6, 6.07) is 16.4. The van der Waals surface area contributed by atoms with Crippen molar-refractivity contribution in [2.75, 3.05) is 5.73 Å². The predicted octanol–water partition coefficient (Wildman–Crippen LogP) is 2.87. The second-order valence-corrected chi connectivity index (χ2v) is 5.38. The number of nitrogens with one attached hydrogen (secondary N) is 1. The summed E-state index contributed by atoms with van der Waals surface area (Å²) in [5, 5.41) is 8.69. The first-order valence-corrected chi connectivity index (χ1v) is 7.51. The molecule has 6 nitrogen and oxygen atoms in total. The van der Waals surface area contributed by atoms with Gasteiger partial charge in [0.15, 0.2) is 0 Å². The quantitative estimate of drug-likeness (QED) is 0.566. The third-order valence-electron chi connectivity index (χ3n) is 3.30. The Balaban J connectivity index is 1.72. The number of nitrogen functional groups attached to an aromatic ring is 1. The Bertz CT molecular complexity index is 872. The summed E-state index contributed by atoms with van der Waals surface area (Å²) in [5.41, 5.74) is 10.3. The molecule has 3 aromatic rings. The van der Waals surface area contributed by atoms with Crippen LogP contribution in [-0.4, -0.2) is 21.9 Å². The highest BCUT2D eigenvalue weighted by Crippen LogP contribution is 2.16. The van der Waals surface area contributed by atoms with Crippen molar-refractivity contribution in [3.05, 3.63) is 76.9 Å². The van der Waals surface area contributed by atoms with E-state index in [2.05, 4.69) is 15.6 Å². The summed E-state index contributed by atoms with van der Waals surface area (Å²) in [6.07, 6.45) is 2.93. The molecule has 0 unspecified atom stereocenters. The Morgan fingerprint density at radius 2 is 1.88 bits per heavy atom. The monoisotopic (exact) mass is 339 g/mol. The highest BCUT2D eigenvalue weighted by molar-refractivity contribution is 6.30. The van der Waals surface area contributed by atoms with Crippen molar-refractivity contribution in [3.8, 4) is 5.69 Å². The molecular weight excluding hydrogens is 326 g/mol. The van der Waals surface area contributed by atoms with E-state index in [1.165, 1.54) is 17.1 Å². The Hall–Kier alpha value is -3.12. The molecule has 120 valence electrons. The second-order valence-electron chi connectivity index (χ2n) is 4.94. The molecule has 3 rings (SSSR count). The molecule has 0 aliphatic rings. The minimum absolute atomic E-state index is 0.250. The smallest absolute Gasteiger partial charge is 0.276 e. The van der Waals surface area contributed by atoms with E-state index in [0.717, 1.165) is 11.3 Å². The number of hydrazone groups is 1. The molecule has 0 bridgehead atoms. The lowest BCUT2D eigenvalue weighted by molar-refractivity contribution is 0.0956. The van der Waals surface area contributed by atoms with Crippen molar-refractivity contribution in [1.29, 1.82) is 0 Å². The molecule has 0 radical (unpaired) electrons. The molecule has 0 atom stereocenters. The maximum Gasteiger partial charge on any atom is 0.276 e. The van der Waals surface area contributed by atoms with Gasteiger partial charge in [0.25, 0.3) is 5.91 Å². The number of nitrogens with two attached hydrogens (primary N) is 1. The standard InChI is InChI=1S/C17H14ClN5O/c18-13-8-6-12(7-9-13)10-20-22-17(24)15-11-21-23(16(15)19)14-4-2-1-3-5-14/h1-11H,19H2,(H,22,24)/b20-10+. The maximum atomic E-state index is 12.2. The molecule has 0 aliphatic heterocycles. The van der Waals surface area contributed by atoms with Gasteiger partial charge in [-0.2, -0.15) is 10.2 Å². The van der Waals surface area contributed by atoms with Gasteiger partial charge in [-0.05, 0) is 29.8 Å². The molecule has 0 saturated heterocycles. The van der Waals surface area contributed by atoms with Crippen LogP contribution < -0.4 is 11.2 Å². The van der Waals surface area contributed by atoms with Crippen LogP contribution in [0, 0.1) is 0 Å². The van der Waals surface area contributed by atoms with Crippen molar-refractivity contribution in [2.24, 2.45) is 5.10 Å². The number of para-hydroxylation sites is 1. The number of halogens is 1. The molecule has 1 aromatic heterocycles. The van der Waals surface area contributed by atoms with Crippen LogP contribution in [0.2, 0.25) is 5.02 Å².